The fourth-order valence-electron chi connectivity index (χ4n) is 2.76. The minimum Gasteiger partial charge on any atom is -0.392 e. The highest BCUT2D eigenvalue weighted by atomic mass is 19.1. The van der Waals surface area contributed by atoms with Crippen LogP contribution in [0.3, 0.4) is 0 Å². The van der Waals surface area contributed by atoms with Gasteiger partial charge in [-0.15, -0.1) is 0 Å². The van der Waals surface area contributed by atoms with Crippen molar-refractivity contribution >= 4 is 5.82 Å². The predicted molar refractivity (Wildman–Crippen MR) is 76.1 cm³/mol. The number of aromatic nitrogens is 1. The molecule has 0 aliphatic carbocycles. The summed E-state index contributed by atoms with van der Waals surface area (Å²) >= 11 is 0. The van der Waals surface area contributed by atoms with Crippen LogP contribution in [0.25, 0.3) is 0 Å². The lowest BCUT2D eigenvalue weighted by atomic mass is 9.99. The molecule has 0 spiro atoms. The third kappa shape index (κ3) is 2.39. The first kappa shape index (κ1) is 13.1. The molecular weight excluding hydrogens is 255 g/mol. The number of nitrogens with zero attached hydrogens (tertiary/aromatic N) is 2. The molecule has 1 atom stereocenters. The normalized spacial score (nSPS) is 18.5. The Bertz CT molecular complexity index is 588. The van der Waals surface area contributed by atoms with E-state index in [4.69, 9.17) is 5.11 Å². The van der Waals surface area contributed by atoms with Crippen LogP contribution < -0.4 is 4.90 Å². The zero-order chi connectivity index (χ0) is 13.9. The molecule has 0 amide bonds. The lowest BCUT2D eigenvalue weighted by molar-refractivity contribution is 0.275. The van der Waals surface area contributed by atoms with Crippen molar-refractivity contribution < 1.29 is 9.50 Å². The van der Waals surface area contributed by atoms with E-state index in [0.29, 0.717) is 17.3 Å². The fourth-order valence-corrected chi connectivity index (χ4v) is 2.76. The Morgan fingerprint density at radius 1 is 1.25 bits per heavy atom. The Morgan fingerprint density at radius 2 is 2.05 bits per heavy atom. The summed E-state index contributed by atoms with van der Waals surface area (Å²) in [4.78, 5) is 6.10. The van der Waals surface area contributed by atoms with Crippen LogP contribution >= 0.6 is 0 Å². The van der Waals surface area contributed by atoms with E-state index >= 15 is 0 Å². The number of anilines is 1. The number of benzene rings is 1. The monoisotopic (exact) mass is 272 g/mol. The van der Waals surface area contributed by atoms with Gasteiger partial charge in [-0.25, -0.2) is 9.37 Å². The minimum atomic E-state index is -0.399. The molecule has 1 fully saturated rings. The third-order valence-electron chi connectivity index (χ3n) is 3.88. The Balaban J connectivity index is 1.81. The molecule has 20 heavy (non-hydrogen) atoms. The van der Waals surface area contributed by atoms with Gasteiger partial charge in [-0.3, -0.25) is 0 Å². The molecule has 104 valence electrons. The maximum absolute atomic E-state index is 14.2. The summed E-state index contributed by atoms with van der Waals surface area (Å²) in [5, 5.41) is 9.13. The van der Waals surface area contributed by atoms with Gasteiger partial charge in [-0.05, 0) is 18.1 Å². The highest BCUT2D eigenvalue weighted by Gasteiger charge is 2.27. The smallest absolute Gasteiger partial charge is 0.171 e. The van der Waals surface area contributed by atoms with Crippen LogP contribution in [0.2, 0.25) is 0 Å². The average molecular weight is 272 g/mol. The van der Waals surface area contributed by atoms with E-state index in [1.165, 1.54) is 11.6 Å². The second kappa shape index (κ2) is 5.59. The molecule has 0 saturated carbocycles. The van der Waals surface area contributed by atoms with E-state index in [9.17, 15) is 4.39 Å². The average Bonchev–Trinajstić information content (AvgIpc) is 2.98. The van der Waals surface area contributed by atoms with Gasteiger partial charge in [0.05, 0.1) is 6.61 Å². The van der Waals surface area contributed by atoms with Crippen LogP contribution in [-0.4, -0.2) is 23.2 Å². The van der Waals surface area contributed by atoms with Crippen molar-refractivity contribution in [1.82, 2.24) is 4.98 Å². The number of rotatable bonds is 3. The van der Waals surface area contributed by atoms with Crippen LogP contribution in [0.15, 0.2) is 42.6 Å². The second-order valence-electron chi connectivity index (χ2n) is 5.11. The van der Waals surface area contributed by atoms with Gasteiger partial charge in [-0.1, -0.05) is 30.3 Å². The molecular formula is C16H17FN2O. The van der Waals surface area contributed by atoms with E-state index < -0.39 is 5.82 Å². The molecule has 1 aromatic carbocycles. The number of hydrogen-bond acceptors (Lipinski definition) is 3. The van der Waals surface area contributed by atoms with E-state index in [2.05, 4.69) is 17.1 Å². The van der Waals surface area contributed by atoms with E-state index in [1.807, 2.05) is 23.1 Å². The van der Waals surface area contributed by atoms with Crippen molar-refractivity contribution in [3.05, 3.63) is 59.5 Å². The Labute approximate surface area is 117 Å². The van der Waals surface area contributed by atoms with Gasteiger partial charge in [0.15, 0.2) is 11.6 Å². The van der Waals surface area contributed by atoms with Crippen molar-refractivity contribution in [2.45, 2.75) is 18.9 Å². The molecule has 1 aliphatic rings. The van der Waals surface area contributed by atoms with Crippen molar-refractivity contribution in [2.24, 2.45) is 0 Å². The van der Waals surface area contributed by atoms with Crippen LogP contribution in [-0.2, 0) is 6.61 Å². The molecule has 2 heterocycles. The molecule has 4 heteroatoms. The Kier molecular flexibility index (Phi) is 3.65. The summed E-state index contributed by atoms with van der Waals surface area (Å²) in [5.41, 5.74) is 1.59. The molecule has 1 unspecified atom stereocenters. The minimum absolute atomic E-state index is 0.294. The topological polar surface area (TPSA) is 36.4 Å². The van der Waals surface area contributed by atoms with Crippen LogP contribution in [0.4, 0.5) is 10.2 Å². The summed E-state index contributed by atoms with van der Waals surface area (Å²) in [7, 11) is 0. The number of aliphatic hydroxyl groups is 1. The van der Waals surface area contributed by atoms with E-state index in [1.54, 1.807) is 6.20 Å². The zero-order valence-corrected chi connectivity index (χ0v) is 11.2. The highest BCUT2D eigenvalue weighted by molar-refractivity contribution is 5.45. The molecule has 1 N–H and O–H groups in total. The van der Waals surface area contributed by atoms with Gasteiger partial charge in [-0.2, -0.15) is 0 Å². The maximum Gasteiger partial charge on any atom is 0.171 e. The zero-order valence-electron chi connectivity index (χ0n) is 11.2. The standard InChI is InChI=1S/C16H17FN2O/c17-15-14(11-20)6-8-18-16(15)19-9-7-13(10-19)12-4-2-1-3-5-12/h1-6,8,13,20H,7,9-11H2. The predicted octanol–water partition coefficient (Wildman–Crippen LogP) is 2.71. The first-order chi connectivity index (χ1) is 9.79. The maximum atomic E-state index is 14.2. The molecule has 1 saturated heterocycles. The molecule has 3 rings (SSSR count). The van der Waals surface area contributed by atoms with Crippen molar-refractivity contribution in [3.8, 4) is 0 Å². The first-order valence-electron chi connectivity index (χ1n) is 6.83. The molecule has 1 aliphatic heterocycles. The number of hydrogen-bond donors (Lipinski definition) is 1. The summed E-state index contributed by atoms with van der Waals surface area (Å²) in [6.07, 6.45) is 2.55. The molecule has 2 aromatic rings. The molecule has 0 radical (unpaired) electrons. The van der Waals surface area contributed by atoms with Crippen molar-refractivity contribution in [2.75, 3.05) is 18.0 Å². The van der Waals surface area contributed by atoms with Gasteiger partial charge in [0.25, 0.3) is 0 Å². The molecule has 3 nitrogen and oxygen atoms in total. The van der Waals surface area contributed by atoms with Gasteiger partial charge in [0, 0.05) is 30.8 Å². The summed E-state index contributed by atoms with van der Waals surface area (Å²) in [5.74, 6) is 0.369. The Hall–Kier alpha value is -1.94. The van der Waals surface area contributed by atoms with Crippen LogP contribution in [0.5, 0.6) is 0 Å². The number of pyridine rings is 1. The van der Waals surface area contributed by atoms with Crippen LogP contribution in [0, 0.1) is 5.82 Å². The number of aliphatic hydroxyl groups excluding tert-OH is 1. The van der Waals surface area contributed by atoms with Crippen molar-refractivity contribution in [1.29, 1.82) is 0 Å². The Morgan fingerprint density at radius 3 is 2.80 bits per heavy atom. The van der Waals surface area contributed by atoms with Gasteiger partial charge < -0.3 is 10.0 Å². The summed E-state index contributed by atoms with van der Waals surface area (Å²) in [6.45, 7) is 1.26. The van der Waals surface area contributed by atoms with Crippen molar-refractivity contribution in [3.63, 3.8) is 0 Å². The van der Waals surface area contributed by atoms with E-state index in [-0.39, 0.29) is 6.61 Å². The molecule has 1 aromatic heterocycles. The number of halogens is 1. The first-order valence-corrected chi connectivity index (χ1v) is 6.83. The van der Waals surface area contributed by atoms with E-state index in [0.717, 1.165) is 19.5 Å². The fraction of sp³-hybridized carbons (Fsp3) is 0.312. The quantitative estimate of drug-likeness (QED) is 0.933. The SMILES string of the molecule is OCc1ccnc(N2CCC(c3ccccc3)C2)c1F. The third-order valence-corrected chi connectivity index (χ3v) is 3.88. The lowest BCUT2D eigenvalue weighted by Crippen LogP contribution is -2.22. The van der Waals surface area contributed by atoms with Crippen LogP contribution in [0.1, 0.15) is 23.5 Å². The summed E-state index contributed by atoms with van der Waals surface area (Å²) in [6, 6.07) is 11.8. The van der Waals surface area contributed by atoms with Gasteiger partial charge in [0.1, 0.15) is 0 Å². The van der Waals surface area contributed by atoms with Gasteiger partial charge in [0.2, 0.25) is 0 Å². The van der Waals surface area contributed by atoms with Gasteiger partial charge >= 0.3 is 0 Å². The highest BCUT2D eigenvalue weighted by Crippen LogP contribution is 2.31. The lowest BCUT2D eigenvalue weighted by Gasteiger charge is -2.19. The molecule has 0 bridgehead atoms. The second-order valence-corrected chi connectivity index (χ2v) is 5.11. The largest absolute Gasteiger partial charge is 0.392 e. The summed E-state index contributed by atoms with van der Waals surface area (Å²) < 4.78 is 14.2.